The molecule has 98 valence electrons. The molecule has 1 aromatic carbocycles. The first kappa shape index (κ1) is 13.0. The summed E-state index contributed by atoms with van der Waals surface area (Å²) in [5, 5.41) is 20.2. The molecule has 0 radical (unpaired) electrons. The van der Waals surface area contributed by atoms with Gasteiger partial charge in [-0.3, -0.25) is 10.1 Å². The van der Waals surface area contributed by atoms with Crippen molar-refractivity contribution in [2.45, 2.75) is 18.9 Å². The summed E-state index contributed by atoms with van der Waals surface area (Å²) in [5.74, 6) is -0.697. The molecule has 1 saturated heterocycles. The highest BCUT2D eigenvalue weighted by Crippen LogP contribution is 2.34. The minimum absolute atomic E-state index is 0.167. The van der Waals surface area contributed by atoms with Gasteiger partial charge in [0.1, 0.15) is 11.5 Å². The number of rotatable bonds is 2. The molecule has 0 saturated carbocycles. The fraction of sp³-hybridized carbons (Fsp3) is 0.455. The van der Waals surface area contributed by atoms with Gasteiger partial charge in [0.25, 0.3) is 5.69 Å². The van der Waals surface area contributed by atoms with Gasteiger partial charge < -0.3 is 10.0 Å². The summed E-state index contributed by atoms with van der Waals surface area (Å²) in [4.78, 5) is 12.0. The Morgan fingerprint density at radius 3 is 2.89 bits per heavy atom. The molecule has 18 heavy (non-hydrogen) atoms. The summed E-state index contributed by atoms with van der Waals surface area (Å²) >= 11 is 5.55. The number of hydrogen-bond acceptors (Lipinski definition) is 4. The Hall–Kier alpha value is -1.40. The van der Waals surface area contributed by atoms with E-state index in [1.54, 1.807) is 4.90 Å². The molecule has 5 nitrogen and oxygen atoms in total. The minimum atomic E-state index is -0.697. The lowest BCUT2D eigenvalue weighted by Crippen LogP contribution is -2.38. The summed E-state index contributed by atoms with van der Waals surface area (Å²) in [6.45, 7) is 0.820. The van der Waals surface area contributed by atoms with Gasteiger partial charge in [0, 0.05) is 25.2 Å². The van der Waals surface area contributed by atoms with Crippen LogP contribution in [-0.4, -0.2) is 29.2 Å². The van der Waals surface area contributed by atoms with Crippen molar-refractivity contribution in [2.75, 3.05) is 18.0 Å². The van der Waals surface area contributed by atoms with E-state index in [9.17, 15) is 19.6 Å². The van der Waals surface area contributed by atoms with Crippen molar-refractivity contribution in [3.8, 4) is 0 Å². The molecular weight excluding hydrogens is 263 g/mol. The van der Waals surface area contributed by atoms with Gasteiger partial charge in [0.15, 0.2) is 0 Å². The van der Waals surface area contributed by atoms with Crippen molar-refractivity contribution in [1.82, 2.24) is 0 Å². The maximum atomic E-state index is 13.4. The molecule has 1 aromatic rings. The third-order valence-electron chi connectivity index (χ3n) is 2.95. The van der Waals surface area contributed by atoms with Crippen LogP contribution in [0.5, 0.6) is 0 Å². The number of nitro benzene ring substituents is 1. The normalized spacial score (nSPS) is 19.9. The van der Waals surface area contributed by atoms with E-state index in [2.05, 4.69) is 0 Å². The van der Waals surface area contributed by atoms with E-state index in [1.165, 1.54) is 0 Å². The first-order valence-corrected chi connectivity index (χ1v) is 5.93. The van der Waals surface area contributed by atoms with Gasteiger partial charge in [0.05, 0.1) is 16.0 Å². The van der Waals surface area contributed by atoms with E-state index in [0.717, 1.165) is 12.1 Å². The standard InChI is InChI=1S/C11H12ClFN2O3/c12-8-4-11(15(17)18)10(5-9(8)13)14-3-1-2-7(16)6-14/h4-5,7,16H,1-3,6H2/t7-/m0/s1. The van der Waals surface area contributed by atoms with E-state index in [-0.39, 0.29) is 22.9 Å². The van der Waals surface area contributed by atoms with Gasteiger partial charge in [-0.15, -0.1) is 0 Å². The third kappa shape index (κ3) is 2.54. The van der Waals surface area contributed by atoms with Crippen molar-refractivity contribution in [3.05, 3.63) is 33.1 Å². The molecule has 0 spiro atoms. The van der Waals surface area contributed by atoms with E-state index < -0.39 is 16.8 Å². The number of hydrogen-bond donors (Lipinski definition) is 1. The number of piperidine rings is 1. The summed E-state index contributed by atoms with van der Waals surface area (Å²) in [6.07, 6.45) is 0.820. The lowest BCUT2D eigenvalue weighted by atomic mass is 10.1. The zero-order valence-electron chi connectivity index (χ0n) is 9.47. The third-order valence-corrected chi connectivity index (χ3v) is 3.24. The molecule has 1 atom stereocenters. The van der Waals surface area contributed by atoms with Crippen LogP contribution in [0.2, 0.25) is 5.02 Å². The van der Waals surface area contributed by atoms with Gasteiger partial charge >= 0.3 is 0 Å². The van der Waals surface area contributed by atoms with Gasteiger partial charge in [-0.1, -0.05) is 11.6 Å². The summed E-state index contributed by atoms with van der Waals surface area (Å²) in [7, 11) is 0. The van der Waals surface area contributed by atoms with E-state index >= 15 is 0 Å². The van der Waals surface area contributed by atoms with Crippen molar-refractivity contribution >= 4 is 23.0 Å². The van der Waals surface area contributed by atoms with Crippen LogP contribution in [0.1, 0.15) is 12.8 Å². The molecule has 7 heteroatoms. The highest BCUT2D eigenvalue weighted by Gasteiger charge is 2.26. The molecule has 1 fully saturated rings. The molecular formula is C11H12ClFN2O3. The van der Waals surface area contributed by atoms with Gasteiger partial charge in [0.2, 0.25) is 0 Å². The number of nitro groups is 1. The SMILES string of the molecule is O=[N+]([O-])c1cc(Cl)c(F)cc1N1CCC[C@H](O)C1. The number of benzene rings is 1. The lowest BCUT2D eigenvalue weighted by Gasteiger charge is -2.31. The molecule has 0 aromatic heterocycles. The molecule has 0 amide bonds. The molecule has 1 heterocycles. The smallest absolute Gasteiger partial charge is 0.294 e. The highest BCUT2D eigenvalue weighted by molar-refractivity contribution is 6.31. The Labute approximate surface area is 108 Å². The summed E-state index contributed by atoms with van der Waals surface area (Å²) in [6, 6.07) is 2.06. The average Bonchev–Trinajstić information content (AvgIpc) is 2.31. The van der Waals surface area contributed by atoms with Crippen LogP contribution >= 0.6 is 11.6 Å². The number of anilines is 1. The molecule has 2 rings (SSSR count). The maximum Gasteiger partial charge on any atom is 0.294 e. The summed E-state index contributed by atoms with van der Waals surface area (Å²) in [5.41, 5.74) is -0.0730. The van der Waals surface area contributed by atoms with Gasteiger partial charge in [-0.05, 0) is 12.8 Å². The summed E-state index contributed by atoms with van der Waals surface area (Å²) < 4.78 is 13.4. The molecule has 0 unspecified atom stereocenters. The van der Waals surface area contributed by atoms with Crippen LogP contribution in [-0.2, 0) is 0 Å². The second-order valence-electron chi connectivity index (χ2n) is 4.25. The van der Waals surface area contributed by atoms with Crippen LogP contribution in [0.3, 0.4) is 0 Å². The average molecular weight is 275 g/mol. The zero-order valence-corrected chi connectivity index (χ0v) is 10.2. The first-order chi connectivity index (χ1) is 8.49. The number of halogens is 2. The van der Waals surface area contributed by atoms with Crippen LogP contribution < -0.4 is 4.90 Å². The molecule has 0 bridgehead atoms. The van der Waals surface area contributed by atoms with Gasteiger partial charge in [-0.25, -0.2) is 4.39 Å². The quantitative estimate of drug-likeness (QED) is 0.664. The number of aliphatic hydroxyl groups is 1. The number of nitrogens with zero attached hydrogens (tertiary/aromatic N) is 2. The van der Waals surface area contributed by atoms with Crippen molar-refractivity contribution < 1.29 is 14.4 Å². The van der Waals surface area contributed by atoms with E-state index in [4.69, 9.17) is 11.6 Å². The molecule has 0 aliphatic carbocycles. The fourth-order valence-corrected chi connectivity index (χ4v) is 2.26. The number of β-amino-alcohol motifs (C(OH)–C–C–N with tert-alkyl or cyclic N) is 1. The monoisotopic (exact) mass is 274 g/mol. The minimum Gasteiger partial charge on any atom is -0.391 e. The van der Waals surface area contributed by atoms with Crippen LogP contribution in [0, 0.1) is 15.9 Å². The topological polar surface area (TPSA) is 66.6 Å². The second-order valence-corrected chi connectivity index (χ2v) is 4.66. The van der Waals surface area contributed by atoms with E-state index in [0.29, 0.717) is 19.4 Å². The van der Waals surface area contributed by atoms with Crippen LogP contribution in [0.4, 0.5) is 15.8 Å². The Morgan fingerprint density at radius 1 is 1.56 bits per heavy atom. The number of aliphatic hydroxyl groups excluding tert-OH is 1. The first-order valence-electron chi connectivity index (χ1n) is 5.55. The predicted octanol–water partition coefficient (Wildman–Crippen LogP) is 2.35. The molecule has 1 aliphatic heterocycles. The predicted molar refractivity (Wildman–Crippen MR) is 65.5 cm³/mol. The largest absolute Gasteiger partial charge is 0.391 e. The molecule has 1 N–H and O–H groups in total. The lowest BCUT2D eigenvalue weighted by molar-refractivity contribution is -0.384. The van der Waals surface area contributed by atoms with Gasteiger partial charge in [-0.2, -0.15) is 0 Å². The fourth-order valence-electron chi connectivity index (χ4n) is 2.10. The Balaban J connectivity index is 2.41. The Kier molecular flexibility index (Phi) is 3.68. The Bertz CT molecular complexity index is 484. The van der Waals surface area contributed by atoms with Crippen LogP contribution in [0.15, 0.2) is 12.1 Å². The Morgan fingerprint density at radius 2 is 2.28 bits per heavy atom. The van der Waals surface area contributed by atoms with Crippen LogP contribution in [0.25, 0.3) is 0 Å². The second kappa shape index (κ2) is 5.07. The molecule has 1 aliphatic rings. The van der Waals surface area contributed by atoms with Crippen molar-refractivity contribution in [3.63, 3.8) is 0 Å². The highest BCUT2D eigenvalue weighted by atomic mass is 35.5. The van der Waals surface area contributed by atoms with Crippen molar-refractivity contribution in [1.29, 1.82) is 0 Å². The maximum absolute atomic E-state index is 13.4. The zero-order chi connectivity index (χ0) is 13.3. The van der Waals surface area contributed by atoms with Crippen molar-refractivity contribution in [2.24, 2.45) is 0 Å². The van der Waals surface area contributed by atoms with E-state index in [1.807, 2.05) is 0 Å².